The van der Waals surface area contributed by atoms with Gasteiger partial charge in [0.1, 0.15) is 5.75 Å². The van der Waals surface area contributed by atoms with Crippen molar-refractivity contribution < 1.29 is 18.7 Å². The van der Waals surface area contributed by atoms with Gasteiger partial charge in [0.15, 0.2) is 5.76 Å². The number of carbonyl (C=O) groups is 2. The van der Waals surface area contributed by atoms with Crippen LogP contribution in [0.2, 0.25) is 0 Å². The monoisotopic (exact) mass is 406 g/mol. The summed E-state index contributed by atoms with van der Waals surface area (Å²) >= 11 is 0. The van der Waals surface area contributed by atoms with E-state index in [1.54, 1.807) is 24.1 Å². The van der Waals surface area contributed by atoms with Crippen LogP contribution >= 0.6 is 0 Å². The molecule has 156 valence electrons. The molecule has 0 saturated heterocycles. The van der Waals surface area contributed by atoms with Gasteiger partial charge in [-0.25, -0.2) is 0 Å². The number of methoxy groups -OCH3 is 1. The molecule has 0 bridgehead atoms. The normalized spacial score (nSPS) is 10.5. The minimum Gasteiger partial charge on any atom is -0.497 e. The van der Waals surface area contributed by atoms with E-state index in [1.165, 1.54) is 6.26 Å². The molecule has 0 saturated carbocycles. The third-order valence-electron chi connectivity index (χ3n) is 4.66. The molecule has 0 radical (unpaired) electrons. The van der Waals surface area contributed by atoms with Crippen LogP contribution in [0, 0.1) is 0 Å². The van der Waals surface area contributed by atoms with Crippen LogP contribution in [-0.2, 0) is 17.8 Å². The number of hydrogen-bond acceptors (Lipinski definition) is 4. The van der Waals surface area contributed by atoms with Crippen molar-refractivity contribution in [3.63, 3.8) is 0 Å². The van der Waals surface area contributed by atoms with Crippen LogP contribution in [-0.4, -0.2) is 25.5 Å². The van der Waals surface area contributed by atoms with Crippen LogP contribution in [0.4, 0.5) is 5.69 Å². The van der Waals surface area contributed by atoms with E-state index >= 15 is 0 Å². The summed E-state index contributed by atoms with van der Waals surface area (Å²) in [4.78, 5) is 26.7. The Labute approximate surface area is 176 Å². The highest BCUT2D eigenvalue weighted by molar-refractivity contribution is 6.04. The number of furan rings is 1. The third-order valence-corrected chi connectivity index (χ3v) is 4.66. The summed E-state index contributed by atoms with van der Waals surface area (Å²) in [5.74, 6) is 0.788. The number of anilines is 1. The molecule has 3 aromatic rings. The lowest BCUT2D eigenvalue weighted by Gasteiger charge is -2.22. The van der Waals surface area contributed by atoms with Crippen molar-refractivity contribution in [3.05, 3.63) is 83.8 Å². The van der Waals surface area contributed by atoms with Gasteiger partial charge in [-0.15, -0.1) is 0 Å². The zero-order chi connectivity index (χ0) is 21.3. The van der Waals surface area contributed by atoms with Crippen molar-refractivity contribution in [2.45, 2.75) is 26.3 Å². The molecule has 0 fully saturated rings. The number of nitrogens with one attached hydrogen (secondary N) is 1. The standard InChI is InChI=1S/C24H26N2O4/c1-3-14-25-23(27)16-18-6-10-20(11-7-18)26(24(28)22-5-4-15-30-22)17-19-8-12-21(29-2)13-9-19/h4-13,15H,3,14,16-17H2,1-2H3,(H,25,27). The second kappa shape index (κ2) is 10.3. The lowest BCUT2D eigenvalue weighted by Crippen LogP contribution is -2.30. The predicted molar refractivity (Wildman–Crippen MR) is 116 cm³/mol. The second-order valence-electron chi connectivity index (χ2n) is 6.91. The topological polar surface area (TPSA) is 71.8 Å². The largest absolute Gasteiger partial charge is 0.497 e. The number of nitrogens with zero attached hydrogens (tertiary/aromatic N) is 1. The Morgan fingerprint density at radius 1 is 1.00 bits per heavy atom. The highest BCUT2D eigenvalue weighted by atomic mass is 16.5. The summed E-state index contributed by atoms with van der Waals surface area (Å²) in [6.07, 6.45) is 2.70. The van der Waals surface area contributed by atoms with Crippen LogP contribution < -0.4 is 15.0 Å². The van der Waals surface area contributed by atoms with Crippen LogP contribution in [0.15, 0.2) is 71.3 Å². The number of ether oxygens (including phenoxy) is 1. The smallest absolute Gasteiger partial charge is 0.294 e. The van der Waals surface area contributed by atoms with Crippen molar-refractivity contribution in [3.8, 4) is 5.75 Å². The highest BCUT2D eigenvalue weighted by Crippen LogP contribution is 2.22. The minimum atomic E-state index is -0.232. The third kappa shape index (κ3) is 5.50. The molecular formula is C24H26N2O4. The average Bonchev–Trinajstić information content (AvgIpc) is 3.32. The fraction of sp³-hybridized carbons (Fsp3) is 0.250. The highest BCUT2D eigenvalue weighted by Gasteiger charge is 2.20. The van der Waals surface area contributed by atoms with E-state index in [0.29, 0.717) is 19.5 Å². The molecule has 6 heteroatoms. The predicted octanol–water partition coefficient (Wildman–Crippen LogP) is 4.20. The molecule has 0 aliphatic heterocycles. The lowest BCUT2D eigenvalue weighted by atomic mass is 10.1. The fourth-order valence-corrected chi connectivity index (χ4v) is 3.03. The molecule has 1 aromatic heterocycles. The molecule has 0 spiro atoms. The van der Waals surface area contributed by atoms with Gasteiger partial charge in [0.2, 0.25) is 5.91 Å². The summed E-state index contributed by atoms with van der Waals surface area (Å²) in [6.45, 7) is 3.06. The molecule has 3 rings (SSSR count). The molecular weight excluding hydrogens is 380 g/mol. The van der Waals surface area contributed by atoms with Crippen molar-refractivity contribution in [2.24, 2.45) is 0 Å². The van der Waals surface area contributed by atoms with E-state index in [2.05, 4.69) is 5.32 Å². The summed E-state index contributed by atoms with van der Waals surface area (Å²) < 4.78 is 10.5. The zero-order valence-corrected chi connectivity index (χ0v) is 17.3. The van der Waals surface area contributed by atoms with Crippen LogP contribution in [0.25, 0.3) is 0 Å². The summed E-state index contributed by atoms with van der Waals surface area (Å²) in [5.41, 5.74) is 2.57. The maximum absolute atomic E-state index is 13.1. The Bertz CT molecular complexity index is 948. The first-order valence-electron chi connectivity index (χ1n) is 9.94. The van der Waals surface area contributed by atoms with E-state index < -0.39 is 0 Å². The Hall–Kier alpha value is -3.54. The second-order valence-corrected chi connectivity index (χ2v) is 6.91. The van der Waals surface area contributed by atoms with Gasteiger partial charge in [-0.2, -0.15) is 0 Å². The molecule has 0 aliphatic rings. The lowest BCUT2D eigenvalue weighted by molar-refractivity contribution is -0.120. The molecule has 0 aliphatic carbocycles. The molecule has 0 atom stereocenters. The number of hydrogen-bond donors (Lipinski definition) is 1. The Kier molecular flexibility index (Phi) is 7.27. The van der Waals surface area contributed by atoms with Crippen molar-refractivity contribution in [1.29, 1.82) is 0 Å². The molecule has 6 nitrogen and oxygen atoms in total. The SMILES string of the molecule is CCCNC(=O)Cc1ccc(N(Cc2ccc(OC)cc2)C(=O)c2ccco2)cc1. The molecule has 30 heavy (non-hydrogen) atoms. The number of carbonyl (C=O) groups excluding carboxylic acids is 2. The van der Waals surface area contributed by atoms with Crippen molar-refractivity contribution in [2.75, 3.05) is 18.6 Å². The van der Waals surface area contributed by atoms with Crippen LogP contribution in [0.3, 0.4) is 0 Å². The number of amides is 2. The van der Waals surface area contributed by atoms with Gasteiger partial charge in [-0.05, 0) is 53.9 Å². The van der Waals surface area contributed by atoms with Gasteiger partial charge in [0, 0.05) is 12.2 Å². The summed E-state index contributed by atoms with van der Waals surface area (Å²) in [6, 6.07) is 18.4. The Balaban J connectivity index is 1.80. The van der Waals surface area contributed by atoms with E-state index in [1.807, 2.05) is 55.5 Å². The molecule has 0 unspecified atom stereocenters. The van der Waals surface area contributed by atoms with Gasteiger partial charge >= 0.3 is 0 Å². The van der Waals surface area contributed by atoms with E-state index in [9.17, 15) is 9.59 Å². The first-order chi connectivity index (χ1) is 14.6. The minimum absolute atomic E-state index is 0.00801. The van der Waals surface area contributed by atoms with E-state index in [4.69, 9.17) is 9.15 Å². The van der Waals surface area contributed by atoms with Crippen LogP contribution in [0.1, 0.15) is 35.0 Å². The van der Waals surface area contributed by atoms with Gasteiger partial charge < -0.3 is 19.4 Å². The first kappa shape index (κ1) is 21.2. The van der Waals surface area contributed by atoms with Gasteiger partial charge in [0.25, 0.3) is 5.91 Å². The van der Waals surface area contributed by atoms with E-state index in [-0.39, 0.29) is 17.6 Å². The first-order valence-corrected chi connectivity index (χ1v) is 9.94. The zero-order valence-electron chi connectivity index (χ0n) is 17.3. The molecule has 1 heterocycles. The molecule has 2 aromatic carbocycles. The quantitative estimate of drug-likeness (QED) is 0.578. The maximum Gasteiger partial charge on any atom is 0.294 e. The summed E-state index contributed by atoms with van der Waals surface area (Å²) in [5, 5.41) is 2.87. The average molecular weight is 406 g/mol. The Morgan fingerprint density at radius 2 is 1.70 bits per heavy atom. The Morgan fingerprint density at radius 3 is 2.30 bits per heavy atom. The summed E-state index contributed by atoms with van der Waals surface area (Å²) in [7, 11) is 1.62. The van der Waals surface area contributed by atoms with Gasteiger partial charge in [-0.3, -0.25) is 9.59 Å². The van der Waals surface area contributed by atoms with Gasteiger partial charge in [-0.1, -0.05) is 31.2 Å². The maximum atomic E-state index is 13.1. The van der Waals surface area contributed by atoms with Crippen LogP contribution in [0.5, 0.6) is 5.75 Å². The van der Waals surface area contributed by atoms with Crippen molar-refractivity contribution >= 4 is 17.5 Å². The number of rotatable bonds is 9. The van der Waals surface area contributed by atoms with Gasteiger partial charge in [0.05, 0.1) is 26.3 Å². The van der Waals surface area contributed by atoms with Crippen molar-refractivity contribution in [1.82, 2.24) is 5.32 Å². The molecule has 1 N–H and O–H groups in total. The number of benzene rings is 2. The molecule has 2 amide bonds. The fourth-order valence-electron chi connectivity index (χ4n) is 3.03. The van der Waals surface area contributed by atoms with E-state index in [0.717, 1.165) is 29.0 Å².